The third kappa shape index (κ3) is 5.60. The van der Waals surface area contributed by atoms with Gasteiger partial charge in [0.2, 0.25) is 5.91 Å². The van der Waals surface area contributed by atoms with Crippen molar-refractivity contribution in [2.75, 3.05) is 27.2 Å². The molecular weight excluding hydrogens is 356 g/mol. The van der Waals surface area contributed by atoms with E-state index in [1.54, 1.807) is 62.6 Å². The lowest BCUT2D eigenvalue weighted by atomic mass is 10.0. The Bertz CT molecular complexity index is 786. The zero-order valence-corrected chi connectivity index (χ0v) is 15.2. The molecule has 0 saturated carbocycles. The molecule has 2 rings (SSSR count). The fraction of sp³-hybridized carbons (Fsp3) is 0.211. The van der Waals surface area contributed by atoms with Crippen LogP contribution in [0.3, 0.4) is 0 Å². The number of hydrogen-bond donors (Lipinski definition) is 1. The summed E-state index contributed by atoms with van der Waals surface area (Å²) in [6.45, 7) is -0.297. The van der Waals surface area contributed by atoms with E-state index in [9.17, 15) is 14.4 Å². The van der Waals surface area contributed by atoms with Crippen LogP contribution in [0.5, 0.6) is 5.75 Å². The van der Waals surface area contributed by atoms with Crippen molar-refractivity contribution in [1.29, 1.82) is 0 Å². The monoisotopic (exact) mass is 374 g/mol. The molecule has 26 heavy (non-hydrogen) atoms. The number of halogens is 1. The zero-order valence-electron chi connectivity index (χ0n) is 14.5. The average molecular weight is 375 g/mol. The Morgan fingerprint density at radius 1 is 0.962 bits per heavy atom. The molecule has 0 atom stereocenters. The van der Waals surface area contributed by atoms with Crippen molar-refractivity contribution < 1.29 is 19.1 Å². The van der Waals surface area contributed by atoms with Crippen LogP contribution in [0, 0.1) is 0 Å². The van der Waals surface area contributed by atoms with Crippen LogP contribution in [0.2, 0.25) is 5.02 Å². The van der Waals surface area contributed by atoms with Gasteiger partial charge in [0.15, 0.2) is 12.4 Å². The normalized spacial score (nSPS) is 10.1. The molecule has 6 nitrogen and oxygen atoms in total. The topological polar surface area (TPSA) is 75.7 Å². The summed E-state index contributed by atoms with van der Waals surface area (Å²) in [4.78, 5) is 36.8. The molecule has 0 aliphatic heterocycles. The second kappa shape index (κ2) is 9.01. The minimum absolute atomic E-state index is 0.0796. The van der Waals surface area contributed by atoms with Crippen molar-refractivity contribution in [3.63, 3.8) is 0 Å². The molecule has 0 unspecified atom stereocenters. The van der Waals surface area contributed by atoms with Gasteiger partial charge >= 0.3 is 0 Å². The molecule has 0 aromatic heterocycles. The first-order chi connectivity index (χ1) is 12.4. The Morgan fingerprint density at radius 2 is 1.50 bits per heavy atom. The molecule has 0 bridgehead atoms. The standard InChI is InChI=1S/C19H19ClN2O4/c1-22(2)18(24)11-21-17(23)12-26-16-9-5-14(6-10-16)19(25)13-3-7-15(20)8-4-13/h3-10H,11-12H2,1-2H3,(H,21,23). The average Bonchev–Trinajstić information content (AvgIpc) is 2.64. The Morgan fingerprint density at radius 3 is 2.04 bits per heavy atom. The predicted octanol–water partition coefficient (Wildman–Crippen LogP) is 2.15. The van der Waals surface area contributed by atoms with E-state index < -0.39 is 5.91 Å². The van der Waals surface area contributed by atoms with E-state index in [1.807, 2.05) is 0 Å². The van der Waals surface area contributed by atoms with Crippen molar-refractivity contribution >= 4 is 29.2 Å². The van der Waals surface area contributed by atoms with Gasteiger partial charge in [-0.1, -0.05) is 11.6 Å². The minimum atomic E-state index is -0.401. The summed E-state index contributed by atoms with van der Waals surface area (Å²) in [5.41, 5.74) is 1.04. The predicted molar refractivity (Wildman–Crippen MR) is 98.5 cm³/mol. The molecule has 2 amide bonds. The molecule has 0 aliphatic carbocycles. The van der Waals surface area contributed by atoms with Gasteiger partial charge in [0, 0.05) is 30.2 Å². The number of nitrogens with one attached hydrogen (secondary N) is 1. The maximum atomic E-state index is 12.4. The van der Waals surface area contributed by atoms with Gasteiger partial charge in [-0.25, -0.2) is 0 Å². The van der Waals surface area contributed by atoms with Crippen molar-refractivity contribution in [3.05, 3.63) is 64.7 Å². The van der Waals surface area contributed by atoms with Gasteiger partial charge in [-0.2, -0.15) is 0 Å². The van der Waals surface area contributed by atoms with Gasteiger partial charge in [0.1, 0.15) is 5.75 Å². The molecule has 0 heterocycles. The Balaban J connectivity index is 1.87. The molecular formula is C19H19ClN2O4. The number of amides is 2. The van der Waals surface area contributed by atoms with Crippen molar-refractivity contribution in [2.24, 2.45) is 0 Å². The van der Waals surface area contributed by atoms with Crippen LogP contribution in [-0.4, -0.2) is 49.7 Å². The highest BCUT2D eigenvalue weighted by atomic mass is 35.5. The number of hydrogen-bond acceptors (Lipinski definition) is 4. The van der Waals surface area contributed by atoms with Gasteiger partial charge < -0.3 is 15.0 Å². The molecule has 0 fully saturated rings. The lowest BCUT2D eigenvalue weighted by Gasteiger charge is -2.11. The molecule has 7 heteroatoms. The van der Waals surface area contributed by atoms with Gasteiger partial charge in [-0.3, -0.25) is 14.4 Å². The van der Waals surface area contributed by atoms with E-state index in [0.29, 0.717) is 21.9 Å². The van der Waals surface area contributed by atoms with Crippen molar-refractivity contribution in [1.82, 2.24) is 10.2 Å². The van der Waals surface area contributed by atoms with Crippen LogP contribution >= 0.6 is 11.6 Å². The zero-order chi connectivity index (χ0) is 19.1. The summed E-state index contributed by atoms with van der Waals surface area (Å²) in [7, 11) is 3.22. The fourth-order valence-corrected chi connectivity index (χ4v) is 2.13. The van der Waals surface area contributed by atoms with Crippen LogP contribution < -0.4 is 10.1 Å². The second-order valence-electron chi connectivity index (χ2n) is 5.71. The quantitative estimate of drug-likeness (QED) is 0.753. The van der Waals surface area contributed by atoms with E-state index in [1.165, 1.54) is 4.90 Å². The van der Waals surface area contributed by atoms with Crippen LogP contribution in [0.4, 0.5) is 0 Å². The van der Waals surface area contributed by atoms with Gasteiger partial charge in [-0.05, 0) is 48.5 Å². The SMILES string of the molecule is CN(C)C(=O)CNC(=O)COc1ccc(C(=O)c2ccc(Cl)cc2)cc1. The smallest absolute Gasteiger partial charge is 0.258 e. The summed E-state index contributed by atoms with van der Waals surface area (Å²) in [5.74, 6) is -0.287. The highest BCUT2D eigenvalue weighted by molar-refractivity contribution is 6.30. The number of carbonyl (C=O) groups excluding carboxylic acids is 3. The molecule has 0 radical (unpaired) electrons. The molecule has 1 N–H and O–H groups in total. The number of benzene rings is 2. The largest absolute Gasteiger partial charge is 0.484 e. The number of likely N-dealkylation sites (N-methyl/N-ethyl adjacent to an activating group) is 1. The summed E-state index contributed by atoms with van der Waals surface area (Å²) in [5, 5.41) is 3.04. The highest BCUT2D eigenvalue weighted by Gasteiger charge is 2.10. The highest BCUT2D eigenvalue weighted by Crippen LogP contribution is 2.17. The molecule has 2 aromatic carbocycles. The van der Waals surface area contributed by atoms with E-state index in [4.69, 9.17) is 16.3 Å². The number of rotatable bonds is 7. The third-order valence-electron chi connectivity index (χ3n) is 3.53. The first kappa shape index (κ1) is 19.5. The molecule has 0 saturated heterocycles. The lowest BCUT2D eigenvalue weighted by molar-refractivity contribution is -0.131. The van der Waals surface area contributed by atoms with Crippen molar-refractivity contribution in [2.45, 2.75) is 0 Å². The third-order valence-corrected chi connectivity index (χ3v) is 3.78. The van der Waals surface area contributed by atoms with Crippen molar-refractivity contribution in [3.8, 4) is 5.75 Å². The first-order valence-corrected chi connectivity index (χ1v) is 8.24. The lowest BCUT2D eigenvalue weighted by Crippen LogP contribution is -2.38. The number of nitrogens with zero attached hydrogens (tertiary/aromatic N) is 1. The van der Waals surface area contributed by atoms with Gasteiger partial charge in [0.05, 0.1) is 6.54 Å². The maximum absolute atomic E-state index is 12.4. The summed E-state index contributed by atoms with van der Waals surface area (Å²) in [6, 6.07) is 13.1. The number of carbonyl (C=O) groups is 3. The maximum Gasteiger partial charge on any atom is 0.258 e. The molecule has 136 valence electrons. The summed E-state index contributed by atoms with van der Waals surface area (Å²) in [6.07, 6.45) is 0. The minimum Gasteiger partial charge on any atom is -0.484 e. The van der Waals surface area contributed by atoms with Gasteiger partial charge in [-0.15, -0.1) is 0 Å². The van der Waals surface area contributed by atoms with E-state index in [0.717, 1.165) is 0 Å². The number of ether oxygens (including phenoxy) is 1. The first-order valence-electron chi connectivity index (χ1n) is 7.87. The Kier molecular flexibility index (Phi) is 6.74. The molecule has 0 aliphatic rings. The molecule has 0 spiro atoms. The van der Waals surface area contributed by atoms with Crippen LogP contribution in [-0.2, 0) is 9.59 Å². The van der Waals surface area contributed by atoms with E-state index >= 15 is 0 Å². The fourth-order valence-electron chi connectivity index (χ4n) is 2.00. The van der Waals surface area contributed by atoms with E-state index in [2.05, 4.69) is 5.32 Å². The molecule has 2 aromatic rings. The second-order valence-corrected chi connectivity index (χ2v) is 6.15. The van der Waals surface area contributed by atoms with Gasteiger partial charge in [0.25, 0.3) is 5.91 Å². The van der Waals surface area contributed by atoms with E-state index in [-0.39, 0.29) is 24.8 Å². The Hall–Kier alpha value is -2.86. The summed E-state index contributed by atoms with van der Waals surface area (Å²) >= 11 is 5.82. The number of ketones is 1. The van der Waals surface area contributed by atoms with Crippen LogP contribution in [0.15, 0.2) is 48.5 Å². The Labute approximate surface area is 156 Å². The summed E-state index contributed by atoms with van der Waals surface area (Å²) < 4.78 is 5.35. The van der Waals surface area contributed by atoms with Crippen LogP contribution in [0.1, 0.15) is 15.9 Å². The van der Waals surface area contributed by atoms with Crippen LogP contribution in [0.25, 0.3) is 0 Å².